The van der Waals surface area contributed by atoms with E-state index in [0.717, 1.165) is 0 Å². The summed E-state index contributed by atoms with van der Waals surface area (Å²) in [6.45, 7) is 1.84. The molecule has 0 bridgehead atoms. The number of carboxylic acids is 1. The summed E-state index contributed by atoms with van der Waals surface area (Å²) in [7, 11) is 0. The van der Waals surface area contributed by atoms with E-state index in [1.807, 2.05) is 0 Å². The monoisotopic (exact) mass is 360 g/mol. The van der Waals surface area contributed by atoms with Gasteiger partial charge in [-0.3, -0.25) is 9.59 Å². The summed E-state index contributed by atoms with van der Waals surface area (Å²) in [6.07, 6.45) is 0.205. The van der Waals surface area contributed by atoms with E-state index in [2.05, 4.69) is 10.6 Å². The van der Waals surface area contributed by atoms with E-state index >= 15 is 0 Å². The molecule has 0 saturated heterocycles. The first-order valence-corrected chi connectivity index (χ1v) is 8.84. The maximum atomic E-state index is 12.2. The zero-order valence-corrected chi connectivity index (χ0v) is 14.6. The minimum absolute atomic E-state index is 0.00224. The Kier molecular flexibility index (Phi) is 6.30. The number of aliphatic carboxylic acids is 1. The van der Waals surface area contributed by atoms with Gasteiger partial charge in [-0.1, -0.05) is 37.3 Å². The molecule has 0 fully saturated rings. The molecule has 2 aromatic rings. The fraction of sp³-hybridized carbons (Fsp3) is 0.278. The maximum absolute atomic E-state index is 12.2. The third-order valence-corrected chi connectivity index (χ3v) is 4.62. The van der Waals surface area contributed by atoms with E-state index in [1.165, 1.54) is 11.3 Å². The van der Waals surface area contributed by atoms with Crippen LogP contribution in [0.4, 0.5) is 0 Å². The molecule has 0 aliphatic carbocycles. The molecule has 3 N–H and O–H groups in total. The highest BCUT2D eigenvalue weighted by Crippen LogP contribution is 2.25. The van der Waals surface area contributed by atoms with E-state index in [0.29, 0.717) is 11.1 Å². The average Bonchev–Trinajstić information content (AvgIpc) is 3.15. The second kappa shape index (κ2) is 8.43. The molecule has 6 nitrogen and oxygen atoms in total. The number of nitrogens with one attached hydrogen (secondary N) is 2. The van der Waals surface area contributed by atoms with Crippen molar-refractivity contribution in [2.45, 2.75) is 25.3 Å². The third-order valence-electron chi connectivity index (χ3n) is 3.94. The normalized spacial score (nSPS) is 12.8. The standard InChI is InChI=1S/C18H20N2O4S/c1-2-18(17(23)24,14-6-4-3-5-7-14)20-15(21)8-10-19-16(22)13-9-11-25-12-13/h3-7,9,11-12H,2,8,10H2,1H3,(H,19,22)(H,20,21)(H,23,24). The molecular weight excluding hydrogens is 340 g/mol. The number of amides is 2. The lowest BCUT2D eigenvalue weighted by atomic mass is 9.87. The molecule has 0 saturated carbocycles. The SMILES string of the molecule is CCC(NC(=O)CCNC(=O)c1ccsc1)(C(=O)O)c1ccccc1. The lowest BCUT2D eigenvalue weighted by Crippen LogP contribution is -2.52. The maximum Gasteiger partial charge on any atom is 0.334 e. The fourth-order valence-electron chi connectivity index (χ4n) is 2.50. The van der Waals surface area contributed by atoms with Gasteiger partial charge in [-0.25, -0.2) is 4.79 Å². The number of carbonyl (C=O) groups excluding carboxylic acids is 2. The second-order valence-electron chi connectivity index (χ2n) is 5.50. The van der Waals surface area contributed by atoms with Gasteiger partial charge >= 0.3 is 5.97 Å². The number of benzene rings is 1. The Morgan fingerprint density at radius 2 is 1.88 bits per heavy atom. The summed E-state index contributed by atoms with van der Waals surface area (Å²) < 4.78 is 0. The van der Waals surface area contributed by atoms with Crippen LogP contribution in [0.3, 0.4) is 0 Å². The van der Waals surface area contributed by atoms with Crippen LogP contribution < -0.4 is 10.6 Å². The average molecular weight is 360 g/mol. The topological polar surface area (TPSA) is 95.5 Å². The van der Waals surface area contributed by atoms with Gasteiger partial charge in [0.25, 0.3) is 5.91 Å². The molecule has 7 heteroatoms. The molecule has 25 heavy (non-hydrogen) atoms. The molecule has 2 amide bonds. The van der Waals surface area contributed by atoms with Crippen molar-refractivity contribution in [2.75, 3.05) is 6.54 Å². The molecule has 1 heterocycles. The van der Waals surface area contributed by atoms with Gasteiger partial charge in [-0.15, -0.1) is 0 Å². The highest BCUT2D eigenvalue weighted by Gasteiger charge is 2.39. The lowest BCUT2D eigenvalue weighted by Gasteiger charge is -2.30. The predicted molar refractivity (Wildman–Crippen MR) is 95.5 cm³/mol. The van der Waals surface area contributed by atoms with Crippen LogP contribution in [0.5, 0.6) is 0 Å². The number of carboxylic acid groups (broad SMARTS) is 1. The van der Waals surface area contributed by atoms with Gasteiger partial charge in [0.1, 0.15) is 0 Å². The second-order valence-corrected chi connectivity index (χ2v) is 6.28. The Hall–Kier alpha value is -2.67. The molecule has 0 aliphatic heterocycles. The summed E-state index contributed by atoms with van der Waals surface area (Å²) in [4.78, 5) is 35.9. The first kappa shape index (κ1) is 18.7. The molecule has 0 spiro atoms. The van der Waals surface area contributed by atoms with Crippen molar-refractivity contribution >= 4 is 29.1 Å². The van der Waals surface area contributed by atoms with Crippen LogP contribution in [0.1, 0.15) is 35.7 Å². The summed E-state index contributed by atoms with van der Waals surface area (Å²) >= 11 is 1.41. The van der Waals surface area contributed by atoms with Gasteiger partial charge in [-0.2, -0.15) is 11.3 Å². The summed E-state index contributed by atoms with van der Waals surface area (Å²) in [5, 5.41) is 18.5. The first-order valence-electron chi connectivity index (χ1n) is 7.90. The molecule has 0 aliphatic rings. The van der Waals surface area contributed by atoms with Crippen molar-refractivity contribution in [1.29, 1.82) is 0 Å². The highest BCUT2D eigenvalue weighted by atomic mass is 32.1. The van der Waals surface area contributed by atoms with E-state index in [9.17, 15) is 19.5 Å². The Labute approximate surface area is 149 Å². The van der Waals surface area contributed by atoms with Crippen molar-refractivity contribution in [2.24, 2.45) is 0 Å². The zero-order valence-electron chi connectivity index (χ0n) is 13.8. The molecular formula is C18H20N2O4S. The quantitative estimate of drug-likeness (QED) is 0.673. The number of carbonyl (C=O) groups is 3. The van der Waals surface area contributed by atoms with Crippen LogP contribution in [-0.2, 0) is 15.1 Å². The van der Waals surface area contributed by atoms with Crippen molar-refractivity contribution < 1.29 is 19.5 Å². The largest absolute Gasteiger partial charge is 0.479 e. The van der Waals surface area contributed by atoms with Crippen LogP contribution in [0.2, 0.25) is 0 Å². The molecule has 1 unspecified atom stereocenters. The number of hydrogen-bond acceptors (Lipinski definition) is 4. The van der Waals surface area contributed by atoms with Gasteiger partial charge < -0.3 is 15.7 Å². The Morgan fingerprint density at radius 1 is 1.16 bits per heavy atom. The van der Waals surface area contributed by atoms with Gasteiger partial charge in [0.05, 0.1) is 0 Å². The Balaban J connectivity index is 1.98. The highest BCUT2D eigenvalue weighted by molar-refractivity contribution is 7.08. The van der Waals surface area contributed by atoms with Gasteiger partial charge in [0, 0.05) is 23.9 Å². The zero-order chi connectivity index (χ0) is 18.3. The molecule has 1 aromatic carbocycles. The summed E-state index contributed by atoms with van der Waals surface area (Å²) in [6, 6.07) is 10.3. The van der Waals surface area contributed by atoms with Crippen molar-refractivity contribution in [1.82, 2.24) is 10.6 Å². The number of hydrogen-bond donors (Lipinski definition) is 3. The number of thiophene rings is 1. The first-order chi connectivity index (χ1) is 12.0. The minimum atomic E-state index is -1.48. The van der Waals surface area contributed by atoms with Crippen LogP contribution in [0.25, 0.3) is 0 Å². The van der Waals surface area contributed by atoms with Gasteiger partial charge in [0.2, 0.25) is 5.91 Å². The van der Waals surface area contributed by atoms with E-state index in [1.54, 1.807) is 54.1 Å². The molecule has 1 atom stereocenters. The van der Waals surface area contributed by atoms with Gasteiger partial charge in [-0.05, 0) is 23.4 Å². The van der Waals surface area contributed by atoms with Crippen molar-refractivity contribution in [3.8, 4) is 0 Å². The smallest absolute Gasteiger partial charge is 0.334 e. The van der Waals surface area contributed by atoms with Crippen LogP contribution in [-0.4, -0.2) is 29.4 Å². The minimum Gasteiger partial charge on any atom is -0.479 e. The van der Waals surface area contributed by atoms with E-state index in [-0.39, 0.29) is 25.3 Å². The fourth-order valence-corrected chi connectivity index (χ4v) is 3.14. The van der Waals surface area contributed by atoms with Gasteiger partial charge in [0.15, 0.2) is 5.54 Å². The van der Waals surface area contributed by atoms with E-state index < -0.39 is 17.4 Å². The molecule has 132 valence electrons. The molecule has 0 radical (unpaired) electrons. The third kappa shape index (κ3) is 4.45. The lowest BCUT2D eigenvalue weighted by molar-refractivity contribution is -0.148. The predicted octanol–water partition coefficient (Wildman–Crippen LogP) is 2.37. The van der Waals surface area contributed by atoms with Crippen molar-refractivity contribution in [3.05, 3.63) is 58.3 Å². The summed E-state index contributed by atoms with van der Waals surface area (Å²) in [5.41, 5.74) is -0.417. The van der Waals surface area contributed by atoms with Crippen molar-refractivity contribution in [3.63, 3.8) is 0 Å². The van der Waals surface area contributed by atoms with E-state index in [4.69, 9.17) is 0 Å². The van der Waals surface area contributed by atoms with Crippen LogP contribution in [0, 0.1) is 0 Å². The number of rotatable bonds is 8. The van der Waals surface area contributed by atoms with Crippen LogP contribution in [0.15, 0.2) is 47.2 Å². The molecule has 1 aromatic heterocycles. The Bertz CT molecular complexity index is 731. The molecule has 2 rings (SSSR count). The Morgan fingerprint density at radius 3 is 2.44 bits per heavy atom. The summed E-state index contributed by atoms with van der Waals surface area (Å²) in [5.74, 6) is -1.80. The van der Waals surface area contributed by atoms with Crippen LogP contribution >= 0.6 is 11.3 Å².